The minimum Gasteiger partial charge on any atom is -0.317 e. The molecule has 0 amide bonds. The van der Waals surface area contributed by atoms with E-state index in [1.54, 1.807) is 0 Å². The monoisotopic (exact) mass is 275 g/mol. The van der Waals surface area contributed by atoms with Gasteiger partial charge >= 0.3 is 0 Å². The Labute approximate surface area is 99.0 Å². The molecule has 1 nitrogen and oxygen atoms in total. The van der Waals surface area contributed by atoms with Crippen molar-refractivity contribution >= 4 is 27.3 Å². The molecule has 0 bridgehead atoms. The predicted octanol–water partition coefficient (Wildman–Crippen LogP) is 3.69. The molecule has 2 unspecified atom stereocenters. The van der Waals surface area contributed by atoms with Crippen molar-refractivity contribution in [3.8, 4) is 0 Å². The average molecular weight is 276 g/mol. The van der Waals surface area contributed by atoms with Crippen LogP contribution < -0.4 is 5.32 Å². The maximum absolute atomic E-state index is 3.50. The van der Waals surface area contributed by atoms with E-state index in [-0.39, 0.29) is 0 Å². The highest BCUT2D eigenvalue weighted by molar-refractivity contribution is 9.11. The quantitative estimate of drug-likeness (QED) is 0.865. The van der Waals surface area contributed by atoms with Crippen molar-refractivity contribution in [3.05, 3.63) is 20.8 Å². The lowest BCUT2D eigenvalue weighted by atomic mass is 9.96. The van der Waals surface area contributed by atoms with Gasteiger partial charge in [-0.05, 0) is 53.9 Å². The number of halogens is 1. The second-order valence-electron chi connectivity index (χ2n) is 3.69. The van der Waals surface area contributed by atoms with Gasteiger partial charge in [0, 0.05) is 10.9 Å². The lowest BCUT2D eigenvalue weighted by Gasteiger charge is -2.21. The zero-order chi connectivity index (χ0) is 10.6. The fourth-order valence-corrected chi connectivity index (χ4v) is 3.44. The van der Waals surface area contributed by atoms with Gasteiger partial charge in [0.25, 0.3) is 0 Å². The molecule has 1 rings (SSSR count). The SMILES string of the molecule is CCC(NC)C(C)Cc1ccc(Br)s1. The van der Waals surface area contributed by atoms with Crippen LogP contribution in [0.2, 0.25) is 0 Å². The molecule has 0 aromatic carbocycles. The fraction of sp³-hybridized carbons (Fsp3) is 0.636. The van der Waals surface area contributed by atoms with E-state index in [4.69, 9.17) is 0 Å². The van der Waals surface area contributed by atoms with Crippen LogP contribution in [-0.4, -0.2) is 13.1 Å². The summed E-state index contributed by atoms with van der Waals surface area (Å²) in [7, 11) is 2.05. The Morgan fingerprint density at radius 2 is 2.21 bits per heavy atom. The lowest BCUT2D eigenvalue weighted by molar-refractivity contribution is 0.388. The van der Waals surface area contributed by atoms with E-state index in [0.717, 1.165) is 0 Å². The first-order valence-electron chi connectivity index (χ1n) is 5.08. The molecule has 0 fully saturated rings. The average Bonchev–Trinajstić information content (AvgIpc) is 2.53. The minimum absolute atomic E-state index is 0.635. The summed E-state index contributed by atoms with van der Waals surface area (Å²) >= 11 is 5.34. The van der Waals surface area contributed by atoms with Crippen LogP contribution in [0.3, 0.4) is 0 Å². The fourth-order valence-electron chi connectivity index (χ4n) is 1.81. The van der Waals surface area contributed by atoms with Gasteiger partial charge in [0.05, 0.1) is 3.79 Å². The van der Waals surface area contributed by atoms with Gasteiger partial charge in [-0.25, -0.2) is 0 Å². The van der Waals surface area contributed by atoms with E-state index in [9.17, 15) is 0 Å². The van der Waals surface area contributed by atoms with Gasteiger partial charge in [0.2, 0.25) is 0 Å². The van der Waals surface area contributed by atoms with E-state index in [0.29, 0.717) is 12.0 Å². The van der Waals surface area contributed by atoms with Crippen LogP contribution in [0.5, 0.6) is 0 Å². The van der Waals surface area contributed by atoms with Crippen LogP contribution in [-0.2, 0) is 6.42 Å². The third kappa shape index (κ3) is 3.37. The maximum atomic E-state index is 3.50. The van der Waals surface area contributed by atoms with Gasteiger partial charge in [0.15, 0.2) is 0 Å². The number of rotatable bonds is 5. The molecule has 1 aromatic rings. The molecule has 0 spiro atoms. The molecular weight excluding hydrogens is 258 g/mol. The Morgan fingerprint density at radius 1 is 1.50 bits per heavy atom. The number of hydrogen-bond donors (Lipinski definition) is 1. The molecule has 0 aliphatic rings. The summed E-state index contributed by atoms with van der Waals surface area (Å²) in [6.45, 7) is 4.56. The highest BCUT2D eigenvalue weighted by Gasteiger charge is 2.14. The van der Waals surface area contributed by atoms with E-state index < -0.39 is 0 Å². The Bertz CT molecular complexity index is 268. The summed E-state index contributed by atoms with van der Waals surface area (Å²) in [6.07, 6.45) is 2.37. The van der Waals surface area contributed by atoms with Crippen LogP contribution in [0.1, 0.15) is 25.1 Å². The van der Waals surface area contributed by atoms with E-state index >= 15 is 0 Å². The summed E-state index contributed by atoms with van der Waals surface area (Å²) < 4.78 is 1.23. The van der Waals surface area contributed by atoms with Crippen LogP contribution in [0.15, 0.2) is 15.9 Å². The minimum atomic E-state index is 0.635. The highest BCUT2D eigenvalue weighted by atomic mass is 79.9. The maximum Gasteiger partial charge on any atom is 0.0701 e. The van der Waals surface area contributed by atoms with Crippen LogP contribution in [0.4, 0.5) is 0 Å². The van der Waals surface area contributed by atoms with Gasteiger partial charge < -0.3 is 5.32 Å². The van der Waals surface area contributed by atoms with Crippen LogP contribution in [0.25, 0.3) is 0 Å². The molecule has 1 N–H and O–H groups in total. The van der Waals surface area contributed by atoms with Crippen molar-refractivity contribution in [2.45, 2.75) is 32.7 Å². The molecule has 0 radical (unpaired) electrons. The first kappa shape index (κ1) is 12.2. The summed E-state index contributed by atoms with van der Waals surface area (Å²) in [6, 6.07) is 4.98. The Hall–Kier alpha value is 0.140. The van der Waals surface area contributed by atoms with Crippen molar-refractivity contribution in [1.82, 2.24) is 5.32 Å². The third-order valence-electron chi connectivity index (χ3n) is 2.65. The molecule has 14 heavy (non-hydrogen) atoms. The van der Waals surface area contributed by atoms with Crippen molar-refractivity contribution in [2.75, 3.05) is 7.05 Å². The third-order valence-corrected chi connectivity index (χ3v) is 4.30. The molecule has 80 valence electrons. The molecule has 1 aromatic heterocycles. The topological polar surface area (TPSA) is 12.0 Å². The van der Waals surface area contributed by atoms with Gasteiger partial charge in [-0.2, -0.15) is 0 Å². The zero-order valence-corrected chi connectivity index (χ0v) is 11.4. The summed E-state index contributed by atoms with van der Waals surface area (Å²) in [5, 5.41) is 3.37. The first-order valence-corrected chi connectivity index (χ1v) is 6.69. The Morgan fingerprint density at radius 3 is 2.64 bits per heavy atom. The molecule has 0 aliphatic heterocycles. The Balaban J connectivity index is 2.51. The number of nitrogens with one attached hydrogen (secondary N) is 1. The molecule has 2 atom stereocenters. The summed E-state index contributed by atoms with van der Waals surface area (Å²) in [5.41, 5.74) is 0. The van der Waals surface area contributed by atoms with Crippen molar-refractivity contribution in [1.29, 1.82) is 0 Å². The summed E-state index contributed by atoms with van der Waals surface area (Å²) in [4.78, 5) is 1.47. The predicted molar refractivity (Wildman–Crippen MR) is 68.0 cm³/mol. The second-order valence-corrected chi connectivity index (χ2v) is 6.24. The van der Waals surface area contributed by atoms with Crippen molar-refractivity contribution in [3.63, 3.8) is 0 Å². The van der Waals surface area contributed by atoms with E-state index in [2.05, 4.69) is 54.3 Å². The number of hydrogen-bond acceptors (Lipinski definition) is 2. The standard InChI is InChI=1S/C11H18BrNS/c1-4-10(13-3)8(2)7-9-5-6-11(12)14-9/h5-6,8,10,13H,4,7H2,1-3H3. The second kappa shape index (κ2) is 5.89. The lowest BCUT2D eigenvalue weighted by Crippen LogP contribution is -2.32. The highest BCUT2D eigenvalue weighted by Crippen LogP contribution is 2.25. The molecule has 0 saturated carbocycles. The molecular formula is C11H18BrNS. The number of thiophene rings is 1. The molecule has 0 aliphatic carbocycles. The van der Waals surface area contributed by atoms with E-state index in [1.165, 1.54) is 21.5 Å². The summed E-state index contributed by atoms with van der Waals surface area (Å²) in [5.74, 6) is 0.704. The molecule has 0 saturated heterocycles. The van der Waals surface area contributed by atoms with Crippen LogP contribution >= 0.6 is 27.3 Å². The normalized spacial score (nSPS) is 15.4. The van der Waals surface area contributed by atoms with Gasteiger partial charge in [-0.3, -0.25) is 0 Å². The zero-order valence-electron chi connectivity index (χ0n) is 9.01. The molecule has 1 heterocycles. The smallest absolute Gasteiger partial charge is 0.0701 e. The van der Waals surface area contributed by atoms with Crippen molar-refractivity contribution in [2.24, 2.45) is 5.92 Å². The van der Waals surface area contributed by atoms with E-state index in [1.807, 2.05) is 11.3 Å². The largest absolute Gasteiger partial charge is 0.317 e. The molecule has 3 heteroatoms. The first-order chi connectivity index (χ1) is 6.67. The van der Waals surface area contributed by atoms with Gasteiger partial charge in [-0.1, -0.05) is 13.8 Å². The Kier molecular flexibility index (Phi) is 5.13. The van der Waals surface area contributed by atoms with Gasteiger partial charge in [-0.15, -0.1) is 11.3 Å². The van der Waals surface area contributed by atoms with Crippen molar-refractivity contribution < 1.29 is 0 Å². The van der Waals surface area contributed by atoms with Crippen LogP contribution in [0, 0.1) is 5.92 Å². The van der Waals surface area contributed by atoms with Gasteiger partial charge in [0.1, 0.15) is 0 Å².